The molecule has 0 amide bonds. The Labute approximate surface area is 210 Å². The lowest BCUT2D eigenvalue weighted by atomic mass is 10.1. The van der Waals surface area contributed by atoms with E-state index in [9.17, 15) is 0 Å². The highest BCUT2D eigenvalue weighted by molar-refractivity contribution is 5.85. The third-order valence-corrected chi connectivity index (χ3v) is 6.17. The largest absolute Gasteiger partial charge is 0.497 e. The fourth-order valence-electron chi connectivity index (χ4n) is 4.25. The van der Waals surface area contributed by atoms with E-state index in [1.54, 1.807) is 14.2 Å². The van der Waals surface area contributed by atoms with Crippen LogP contribution in [0.2, 0.25) is 0 Å². The van der Waals surface area contributed by atoms with Gasteiger partial charge in [-0.1, -0.05) is 25.5 Å². The molecule has 1 unspecified atom stereocenters. The van der Waals surface area contributed by atoms with E-state index < -0.39 is 0 Å². The second-order valence-electron chi connectivity index (χ2n) is 8.64. The highest BCUT2D eigenvalue weighted by atomic mass is 16.5. The monoisotopic (exact) mass is 482 g/mol. The third kappa shape index (κ3) is 5.08. The lowest BCUT2D eigenvalue weighted by Gasteiger charge is -2.18. The molecule has 8 heteroatoms. The van der Waals surface area contributed by atoms with Crippen molar-refractivity contribution in [3.8, 4) is 17.1 Å². The van der Waals surface area contributed by atoms with Gasteiger partial charge in [0.15, 0.2) is 5.82 Å². The smallest absolute Gasteiger partial charge is 0.160 e. The fourth-order valence-corrected chi connectivity index (χ4v) is 4.25. The van der Waals surface area contributed by atoms with Gasteiger partial charge in [0.25, 0.3) is 0 Å². The molecule has 0 bridgehead atoms. The normalized spacial score (nSPS) is 12.1. The first kappa shape index (κ1) is 23.6. The van der Waals surface area contributed by atoms with Gasteiger partial charge < -0.3 is 20.1 Å². The van der Waals surface area contributed by atoms with E-state index in [0.717, 1.165) is 63.0 Å². The van der Waals surface area contributed by atoms with E-state index >= 15 is 0 Å². The molecule has 2 aromatic heterocycles. The average Bonchev–Trinajstić information content (AvgIpc) is 3.39. The summed E-state index contributed by atoms with van der Waals surface area (Å²) in [4.78, 5) is 9.87. The molecule has 0 fully saturated rings. The molecule has 3 aromatic carbocycles. The molecule has 0 radical (unpaired) electrons. The zero-order valence-electron chi connectivity index (χ0n) is 20.7. The number of aromatic amines is 1. The highest BCUT2D eigenvalue weighted by Gasteiger charge is 2.13. The van der Waals surface area contributed by atoms with Crippen molar-refractivity contribution in [2.75, 3.05) is 24.9 Å². The minimum absolute atomic E-state index is 0.0423. The second kappa shape index (κ2) is 10.6. The number of benzene rings is 3. The van der Waals surface area contributed by atoms with Crippen LogP contribution in [0.4, 0.5) is 11.4 Å². The Morgan fingerprint density at radius 1 is 0.972 bits per heavy atom. The number of H-pyrrole nitrogens is 1. The van der Waals surface area contributed by atoms with Crippen LogP contribution >= 0.6 is 0 Å². The van der Waals surface area contributed by atoms with Gasteiger partial charge in [0.1, 0.15) is 12.0 Å². The molecule has 184 valence electrons. The van der Waals surface area contributed by atoms with Crippen molar-refractivity contribution >= 4 is 33.2 Å². The highest BCUT2D eigenvalue weighted by Crippen LogP contribution is 2.28. The van der Waals surface area contributed by atoms with Gasteiger partial charge in [0.2, 0.25) is 0 Å². The predicted molar refractivity (Wildman–Crippen MR) is 144 cm³/mol. The summed E-state index contributed by atoms with van der Waals surface area (Å²) in [6.45, 7) is 2.69. The fraction of sp³-hybridized carbons (Fsp3) is 0.250. The molecular weight excluding hydrogens is 452 g/mol. The van der Waals surface area contributed by atoms with Crippen LogP contribution in [0.5, 0.6) is 5.75 Å². The maximum atomic E-state index is 5.57. The summed E-state index contributed by atoms with van der Waals surface area (Å²) in [6.07, 6.45) is 3.73. The molecule has 5 rings (SSSR count). The van der Waals surface area contributed by atoms with Crippen molar-refractivity contribution in [1.82, 2.24) is 20.2 Å². The molecule has 0 aliphatic carbocycles. The van der Waals surface area contributed by atoms with Crippen molar-refractivity contribution in [3.05, 3.63) is 72.6 Å². The summed E-state index contributed by atoms with van der Waals surface area (Å²) in [6, 6.07) is 20.2. The Kier molecular flexibility index (Phi) is 6.95. The minimum atomic E-state index is -0.0423. The van der Waals surface area contributed by atoms with Gasteiger partial charge in [0.05, 0.1) is 36.6 Å². The molecule has 36 heavy (non-hydrogen) atoms. The number of nitrogens with one attached hydrogen (secondary N) is 3. The molecule has 0 aliphatic heterocycles. The van der Waals surface area contributed by atoms with Crippen LogP contribution in [-0.4, -0.2) is 40.6 Å². The van der Waals surface area contributed by atoms with Gasteiger partial charge in [-0.3, -0.25) is 5.10 Å². The second-order valence-corrected chi connectivity index (χ2v) is 8.64. The van der Waals surface area contributed by atoms with E-state index in [4.69, 9.17) is 19.4 Å². The zero-order valence-corrected chi connectivity index (χ0v) is 20.7. The molecule has 0 saturated heterocycles. The number of methoxy groups -OCH3 is 2. The summed E-state index contributed by atoms with van der Waals surface area (Å²) in [5.74, 6) is 1.42. The SMILES string of the molecule is CCCC(Nc1cccc(-c2nc(CNc3ccc4[nH]ncc4c3)c3ccc(OC)cc3n2)c1)OC. The Morgan fingerprint density at radius 2 is 1.89 bits per heavy atom. The van der Waals surface area contributed by atoms with Crippen molar-refractivity contribution in [2.45, 2.75) is 32.5 Å². The van der Waals surface area contributed by atoms with Crippen LogP contribution in [0.15, 0.2) is 66.9 Å². The number of rotatable bonds is 10. The first-order valence-electron chi connectivity index (χ1n) is 12.1. The Morgan fingerprint density at radius 3 is 2.72 bits per heavy atom. The summed E-state index contributed by atoms with van der Waals surface area (Å²) >= 11 is 0. The van der Waals surface area contributed by atoms with Gasteiger partial charge in [-0.15, -0.1) is 0 Å². The Hall–Kier alpha value is -4.17. The lowest BCUT2D eigenvalue weighted by Crippen LogP contribution is -2.21. The third-order valence-electron chi connectivity index (χ3n) is 6.17. The lowest BCUT2D eigenvalue weighted by molar-refractivity contribution is 0.117. The zero-order chi connectivity index (χ0) is 24.9. The van der Waals surface area contributed by atoms with Gasteiger partial charge in [-0.05, 0) is 48.9 Å². The van der Waals surface area contributed by atoms with Crippen LogP contribution in [-0.2, 0) is 11.3 Å². The number of fused-ring (bicyclic) bond motifs is 2. The first-order chi connectivity index (χ1) is 17.7. The molecule has 1 atom stereocenters. The Bertz CT molecular complexity index is 1480. The van der Waals surface area contributed by atoms with Crippen LogP contribution in [0.25, 0.3) is 33.2 Å². The molecule has 0 saturated carbocycles. The number of ether oxygens (including phenoxy) is 2. The molecule has 8 nitrogen and oxygen atoms in total. The Balaban J connectivity index is 1.49. The summed E-state index contributed by atoms with van der Waals surface area (Å²) in [5, 5.41) is 16.1. The van der Waals surface area contributed by atoms with Crippen LogP contribution in [0, 0.1) is 0 Å². The van der Waals surface area contributed by atoms with E-state index in [-0.39, 0.29) is 6.23 Å². The van der Waals surface area contributed by atoms with E-state index in [0.29, 0.717) is 12.4 Å². The average molecular weight is 483 g/mol. The summed E-state index contributed by atoms with van der Waals surface area (Å²) < 4.78 is 11.0. The van der Waals surface area contributed by atoms with Gasteiger partial charge in [0, 0.05) is 40.9 Å². The van der Waals surface area contributed by atoms with E-state index in [1.165, 1.54) is 0 Å². The molecule has 3 N–H and O–H groups in total. The molecular formula is C28H30N6O2. The van der Waals surface area contributed by atoms with Gasteiger partial charge >= 0.3 is 0 Å². The molecule has 0 spiro atoms. The standard InChI is InChI=1S/C28H30N6O2/c1-4-6-27(36-3)31-21-8-5-7-18(13-21)28-32-25-15-22(35-2)10-11-23(25)26(33-28)17-29-20-9-12-24-19(14-20)16-30-34-24/h5,7-16,27,29,31H,4,6,17H2,1-3H3,(H,30,34). The number of aromatic nitrogens is 4. The molecule has 5 aromatic rings. The van der Waals surface area contributed by atoms with Crippen LogP contribution in [0.3, 0.4) is 0 Å². The molecule has 0 aliphatic rings. The van der Waals surface area contributed by atoms with Crippen molar-refractivity contribution in [2.24, 2.45) is 0 Å². The first-order valence-corrected chi connectivity index (χ1v) is 12.1. The van der Waals surface area contributed by atoms with E-state index in [2.05, 4.69) is 39.9 Å². The minimum Gasteiger partial charge on any atom is -0.497 e. The quantitative estimate of drug-likeness (QED) is 0.211. The number of hydrogen-bond acceptors (Lipinski definition) is 7. The summed E-state index contributed by atoms with van der Waals surface area (Å²) in [5.41, 5.74) is 5.64. The number of anilines is 2. The van der Waals surface area contributed by atoms with Gasteiger partial charge in [-0.25, -0.2) is 9.97 Å². The number of hydrogen-bond donors (Lipinski definition) is 3. The topological polar surface area (TPSA) is 97.0 Å². The van der Waals surface area contributed by atoms with Gasteiger partial charge in [-0.2, -0.15) is 5.10 Å². The van der Waals surface area contributed by atoms with Crippen molar-refractivity contribution in [3.63, 3.8) is 0 Å². The van der Waals surface area contributed by atoms with Crippen LogP contribution in [0.1, 0.15) is 25.5 Å². The van der Waals surface area contributed by atoms with Crippen LogP contribution < -0.4 is 15.4 Å². The van der Waals surface area contributed by atoms with Crippen molar-refractivity contribution in [1.29, 1.82) is 0 Å². The maximum absolute atomic E-state index is 5.57. The van der Waals surface area contributed by atoms with Crippen molar-refractivity contribution < 1.29 is 9.47 Å². The number of nitrogens with zero attached hydrogens (tertiary/aromatic N) is 3. The van der Waals surface area contributed by atoms with E-state index in [1.807, 2.05) is 54.7 Å². The maximum Gasteiger partial charge on any atom is 0.160 e. The summed E-state index contributed by atoms with van der Waals surface area (Å²) in [7, 11) is 3.38. The predicted octanol–water partition coefficient (Wildman–Crippen LogP) is 5.98. The molecule has 2 heterocycles.